The molecule has 20 heavy (non-hydrogen) atoms. The van der Waals surface area contributed by atoms with E-state index in [0.29, 0.717) is 34.5 Å². The zero-order chi connectivity index (χ0) is 15.1. The van der Waals surface area contributed by atoms with Gasteiger partial charge in [-0.15, -0.1) is 0 Å². The second-order valence-electron chi connectivity index (χ2n) is 4.79. The normalized spacial score (nSPS) is 10.5. The first-order chi connectivity index (χ1) is 9.47. The molecule has 0 aliphatic carbocycles. The molecule has 1 amide bonds. The maximum atomic E-state index is 11.7. The van der Waals surface area contributed by atoms with Crippen LogP contribution in [0.5, 0.6) is 11.5 Å². The quantitative estimate of drug-likeness (QED) is 0.807. The third kappa shape index (κ3) is 4.90. The topological polar surface area (TPSA) is 73.6 Å². The predicted molar refractivity (Wildman–Crippen MR) is 79.2 cm³/mol. The molecule has 0 heterocycles. The number of carbonyl (C=O) groups excluding carboxylic acids is 1. The number of methoxy groups -OCH3 is 1. The van der Waals surface area contributed by atoms with Crippen molar-refractivity contribution in [3.05, 3.63) is 22.7 Å². The molecule has 1 rings (SSSR count). The molecule has 3 N–H and O–H groups in total. The van der Waals surface area contributed by atoms with Gasteiger partial charge >= 0.3 is 0 Å². The molecule has 0 aromatic heterocycles. The lowest BCUT2D eigenvalue weighted by molar-refractivity contribution is -0.123. The van der Waals surface area contributed by atoms with Gasteiger partial charge < -0.3 is 20.5 Å². The van der Waals surface area contributed by atoms with Crippen molar-refractivity contribution in [1.29, 1.82) is 0 Å². The van der Waals surface area contributed by atoms with Crippen molar-refractivity contribution < 1.29 is 14.3 Å². The predicted octanol–water partition coefficient (Wildman–Crippen LogP) is 1.96. The molecular weight excluding hydrogens is 280 g/mol. The Balaban J connectivity index is 2.74. The highest BCUT2D eigenvalue weighted by Crippen LogP contribution is 2.34. The van der Waals surface area contributed by atoms with Gasteiger partial charge in [0.05, 0.1) is 7.11 Å². The first-order valence-corrected chi connectivity index (χ1v) is 6.81. The summed E-state index contributed by atoms with van der Waals surface area (Å²) in [6, 6.07) is 3.33. The highest BCUT2D eigenvalue weighted by Gasteiger charge is 2.13. The van der Waals surface area contributed by atoms with Crippen molar-refractivity contribution in [1.82, 2.24) is 5.32 Å². The highest BCUT2D eigenvalue weighted by atomic mass is 35.5. The molecule has 0 radical (unpaired) electrons. The van der Waals surface area contributed by atoms with Gasteiger partial charge in [0.1, 0.15) is 0 Å². The van der Waals surface area contributed by atoms with Gasteiger partial charge in [0.25, 0.3) is 5.91 Å². The minimum atomic E-state index is -0.182. The number of nitrogens with one attached hydrogen (secondary N) is 1. The molecular formula is C14H21ClN2O3. The van der Waals surface area contributed by atoms with E-state index >= 15 is 0 Å². The second-order valence-corrected chi connectivity index (χ2v) is 5.22. The van der Waals surface area contributed by atoms with E-state index in [4.69, 9.17) is 26.8 Å². The van der Waals surface area contributed by atoms with Crippen LogP contribution < -0.4 is 20.5 Å². The molecule has 1 aromatic rings. The Hall–Kier alpha value is -1.46. The van der Waals surface area contributed by atoms with Gasteiger partial charge in [-0.2, -0.15) is 0 Å². The van der Waals surface area contributed by atoms with E-state index in [-0.39, 0.29) is 19.1 Å². The Morgan fingerprint density at radius 2 is 2.15 bits per heavy atom. The molecule has 0 saturated carbocycles. The summed E-state index contributed by atoms with van der Waals surface area (Å²) < 4.78 is 10.7. The largest absolute Gasteiger partial charge is 0.493 e. The van der Waals surface area contributed by atoms with E-state index in [0.717, 1.165) is 0 Å². The summed E-state index contributed by atoms with van der Waals surface area (Å²) in [7, 11) is 1.51. The molecule has 0 spiro atoms. The number of benzene rings is 1. The first-order valence-electron chi connectivity index (χ1n) is 6.43. The van der Waals surface area contributed by atoms with Crippen molar-refractivity contribution in [3.8, 4) is 11.5 Å². The van der Waals surface area contributed by atoms with Crippen LogP contribution in [0.4, 0.5) is 0 Å². The van der Waals surface area contributed by atoms with Crippen molar-refractivity contribution >= 4 is 17.5 Å². The summed E-state index contributed by atoms with van der Waals surface area (Å²) in [6.07, 6.45) is 0. The van der Waals surface area contributed by atoms with Crippen molar-refractivity contribution in [2.75, 3.05) is 20.3 Å². The van der Waals surface area contributed by atoms with Crippen molar-refractivity contribution in [2.24, 2.45) is 11.7 Å². The van der Waals surface area contributed by atoms with E-state index in [9.17, 15) is 4.79 Å². The number of hydrogen-bond donors (Lipinski definition) is 2. The number of rotatable bonds is 7. The zero-order valence-electron chi connectivity index (χ0n) is 12.0. The van der Waals surface area contributed by atoms with Crippen LogP contribution in [0.3, 0.4) is 0 Å². The van der Waals surface area contributed by atoms with E-state index in [1.54, 1.807) is 12.1 Å². The molecule has 112 valence electrons. The van der Waals surface area contributed by atoms with Gasteiger partial charge in [-0.05, 0) is 12.0 Å². The summed E-state index contributed by atoms with van der Waals surface area (Å²) in [5.74, 6) is 1.14. The Kier molecular flexibility index (Phi) is 6.61. The molecule has 0 aliphatic heterocycles. The number of hydrogen-bond acceptors (Lipinski definition) is 4. The zero-order valence-corrected chi connectivity index (χ0v) is 12.8. The number of amides is 1. The third-order valence-corrected chi connectivity index (χ3v) is 2.81. The molecule has 6 heteroatoms. The fourth-order valence-corrected chi connectivity index (χ4v) is 1.83. The third-order valence-electron chi connectivity index (χ3n) is 2.59. The second kappa shape index (κ2) is 7.97. The highest BCUT2D eigenvalue weighted by molar-refractivity contribution is 6.30. The summed E-state index contributed by atoms with van der Waals surface area (Å²) in [5, 5.41) is 3.29. The molecule has 0 bridgehead atoms. The van der Waals surface area contributed by atoms with E-state index in [2.05, 4.69) is 5.32 Å². The van der Waals surface area contributed by atoms with E-state index < -0.39 is 0 Å². The van der Waals surface area contributed by atoms with Gasteiger partial charge in [0.15, 0.2) is 18.1 Å². The SMILES string of the molecule is COc1cc(Cl)cc(CN)c1OCC(=O)NCC(C)C. The lowest BCUT2D eigenvalue weighted by Crippen LogP contribution is -2.32. The van der Waals surface area contributed by atoms with Crippen LogP contribution in [0.1, 0.15) is 19.4 Å². The smallest absolute Gasteiger partial charge is 0.257 e. The Morgan fingerprint density at radius 1 is 1.45 bits per heavy atom. The van der Waals surface area contributed by atoms with Crippen LogP contribution in [-0.2, 0) is 11.3 Å². The fourth-order valence-electron chi connectivity index (χ4n) is 1.60. The summed E-state index contributed by atoms with van der Waals surface area (Å²) in [4.78, 5) is 11.7. The molecule has 0 saturated heterocycles. The van der Waals surface area contributed by atoms with Gasteiger partial charge in [0, 0.05) is 29.7 Å². The average molecular weight is 301 g/mol. The maximum Gasteiger partial charge on any atom is 0.257 e. The summed E-state index contributed by atoms with van der Waals surface area (Å²) in [6.45, 7) is 4.83. The Labute approximate surface area is 124 Å². The van der Waals surface area contributed by atoms with Crippen molar-refractivity contribution in [3.63, 3.8) is 0 Å². The van der Waals surface area contributed by atoms with Crippen LogP contribution in [-0.4, -0.2) is 26.2 Å². The van der Waals surface area contributed by atoms with Crippen molar-refractivity contribution in [2.45, 2.75) is 20.4 Å². The van der Waals surface area contributed by atoms with E-state index in [1.807, 2.05) is 13.8 Å². The number of carbonyl (C=O) groups is 1. The van der Waals surface area contributed by atoms with Crippen LogP contribution in [0.15, 0.2) is 12.1 Å². The lowest BCUT2D eigenvalue weighted by Gasteiger charge is -2.15. The molecule has 1 aromatic carbocycles. The number of halogens is 1. The van der Waals surface area contributed by atoms with E-state index in [1.165, 1.54) is 7.11 Å². The molecule has 0 atom stereocenters. The van der Waals surface area contributed by atoms with Crippen LogP contribution >= 0.6 is 11.6 Å². The minimum absolute atomic E-state index is 0.0856. The molecule has 0 aliphatic rings. The average Bonchev–Trinajstić information content (AvgIpc) is 2.42. The van der Waals surface area contributed by atoms with Gasteiger partial charge in [-0.1, -0.05) is 25.4 Å². The summed E-state index contributed by atoms with van der Waals surface area (Å²) >= 11 is 5.96. The molecule has 5 nitrogen and oxygen atoms in total. The van der Waals surface area contributed by atoms with Crippen LogP contribution in [0.2, 0.25) is 5.02 Å². The fraction of sp³-hybridized carbons (Fsp3) is 0.500. The maximum absolute atomic E-state index is 11.7. The number of ether oxygens (including phenoxy) is 2. The number of nitrogens with two attached hydrogens (primary N) is 1. The lowest BCUT2D eigenvalue weighted by atomic mass is 10.2. The molecule has 0 unspecified atom stereocenters. The van der Waals surface area contributed by atoms with Gasteiger partial charge in [-0.3, -0.25) is 4.79 Å². The minimum Gasteiger partial charge on any atom is -0.493 e. The Morgan fingerprint density at radius 3 is 2.70 bits per heavy atom. The van der Waals surface area contributed by atoms with Crippen LogP contribution in [0, 0.1) is 5.92 Å². The standard InChI is InChI=1S/C14H21ClN2O3/c1-9(2)7-17-13(18)8-20-14-10(6-16)4-11(15)5-12(14)19-3/h4-5,9H,6-8,16H2,1-3H3,(H,17,18). The van der Waals surface area contributed by atoms with Crippen LogP contribution in [0.25, 0.3) is 0 Å². The van der Waals surface area contributed by atoms with Gasteiger partial charge in [0.2, 0.25) is 0 Å². The molecule has 0 fully saturated rings. The monoisotopic (exact) mass is 300 g/mol. The Bertz CT molecular complexity index is 439. The van der Waals surface area contributed by atoms with Gasteiger partial charge in [-0.25, -0.2) is 0 Å². The summed E-state index contributed by atoms with van der Waals surface area (Å²) in [5.41, 5.74) is 6.35. The first kappa shape index (κ1) is 16.6.